The van der Waals surface area contributed by atoms with E-state index in [0.29, 0.717) is 39.2 Å². The normalized spacial score (nSPS) is 11.7. The highest BCUT2D eigenvalue weighted by Gasteiger charge is 2.19. The molecule has 0 saturated carbocycles. The van der Waals surface area contributed by atoms with Gasteiger partial charge in [-0.3, -0.25) is 9.52 Å². The van der Waals surface area contributed by atoms with Gasteiger partial charge in [0.1, 0.15) is 0 Å². The minimum Gasteiger partial charge on any atom is -0.322 e. The fourth-order valence-corrected chi connectivity index (χ4v) is 4.34. The van der Waals surface area contributed by atoms with E-state index >= 15 is 0 Å². The van der Waals surface area contributed by atoms with E-state index in [1.54, 1.807) is 49.0 Å². The highest BCUT2D eigenvalue weighted by Crippen LogP contribution is 2.28. The molecule has 0 radical (unpaired) electrons. The standard InChI is InChI=1S/C25H27N5O3S/c1-5-34(32,33)29-22-12-11-19(13-17(22)4)27-25(31)20-14-23(18-9-7-6-8-10-18)28-24-21(20)15-26-30(24)16(2)3/h6-16,29H,5H2,1-4H3,(H,27,31). The monoisotopic (exact) mass is 477 g/mol. The number of aryl methyl sites for hydroxylation is 1. The number of fused-ring (bicyclic) bond motifs is 1. The summed E-state index contributed by atoms with van der Waals surface area (Å²) < 4.78 is 28.1. The number of carbonyl (C=O) groups excluding carboxylic acids is 1. The molecule has 0 saturated heterocycles. The van der Waals surface area contributed by atoms with Crippen molar-refractivity contribution < 1.29 is 13.2 Å². The fraction of sp³-hybridized carbons (Fsp3) is 0.240. The molecule has 8 nitrogen and oxygen atoms in total. The summed E-state index contributed by atoms with van der Waals surface area (Å²) in [6.45, 7) is 7.39. The van der Waals surface area contributed by atoms with Gasteiger partial charge >= 0.3 is 0 Å². The molecule has 9 heteroatoms. The first-order chi connectivity index (χ1) is 16.2. The number of nitrogens with zero attached hydrogens (tertiary/aromatic N) is 3. The summed E-state index contributed by atoms with van der Waals surface area (Å²) in [6.07, 6.45) is 1.67. The molecule has 0 aliphatic heterocycles. The number of benzene rings is 2. The molecule has 2 N–H and O–H groups in total. The number of anilines is 2. The molecule has 0 bridgehead atoms. The van der Waals surface area contributed by atoms with E-state index in [9.17, 15) is 13.2 Å². The lowest BCUT2D eigenvalue weighted by Gasteiger charge is -2.13. The third-order valence-corrected chi connectivity index (χ3v) is 6.79. The topological polar surface area (TPSA) is 106 Å². The number of pyridine rings is 1. The van der Waals surface area contributed by atoms with Crippen molar-refractivity contribution in [1.29, 1.82) is 0 Å². The number of aromatic nitrogens is 3. The minimum absolute atomic E-state index is 0.0171. The van der Waals surface area contributed by atoms with Gasteiger partial charge in [0.15, 0.2) is 5.65 Å². The maximum Gasteiger partial charge on any atom is 0.256 e. The molecule has 0 spiro atoms. The van der Waals surface area contributed by atoms with E-state index in [-0.39, 0.29) is 17.7 Å². The Kier molecular flexibility index (Phi) is 6.39. The lowest BCUT2D eigenvalue weighted by Crippen LogP contribution is -2.16. The van der Waals surface area contributed by atoms with Gasteiger partial charge < -0.3 is 5.32 Å². The number of rotatable bonds is 7. The predicted octanol–water partition coefficient (Wildman–Crippen LogP) is 5.00. The largest absolute Gasteiger partial charge is 0.322 e. The van der Waals surface area contributed by atoms with Crippen LogP contribution in [0.15, 0.2) is 60.8 Å². The van der Waals surface area contributed by atoms with E-state index in [2.05, 4.69) is 15.1 Å². The van der Waals surface area contributed by atoms with Crippen molar-refractivity contribution in [2.24, 2.45) is 0 Å². The maximum absolute atomic E-state index is 13.4. The van der Waals surface area contributed by atoms with E-state index in [0.717, 1.165) is 5.56 Å². The van der Waals surface area contributed by atoms with Gasteiger partial charge in [-0.25, -0.2) is 18.1 Å². The summed E-state index contributed by atoms with van der Waals surface area (Å²) in [4.78, 5) is 18.2. The van der Waals surface area contributed by atoms with Crippen LogP contribution in [0.2, 0.25) is 0 Å². The summed E-state index contributed by atoms with van der Waals surface area (Å²) in [5, 5.41) is 8.05. The molecule has 34 heavy (non-hydrogen) atoms. The first-order valence-corrected chi connectivity index (χ1v) is 12.7. The molecular formula is C25H27N5O3S. The average molecular weight is 478 g/mol. The highest BCUT2D eigenvalue weighted by atomic mass is 32.2. The van der Waals surface area contributed by atoms with Crippen molar-refractivity contribution in [2.45, 2.75) is 33.7 Å². The van der Waals surface area contributed by atoms with Crippen molar-refractivity contribution in [3.8, 4) is 11.3 Å². The lowest BCUT2D eigenvalue weighted by molar-refractivity contribution is 0.102. The highest BCUT2D eigenvalue weighted by molar-refractivity contribution is 7.92. The number of sulfonamides is 1. The van der Waals surface area contributed by atoms with E-state index in [1.165, 1.54) is 0 Å². The molecule has 2 aromatic heterocycles. The zero-order chi connectivity index (χ0) is 24.5. The first kappa shape index (κ1) is 23.4. The molecule has 0 unspecified atom stereocenters. The molecule has 0 aliphatic rings. The van der Waals surface area contributed by atoms with Gasteiger partial charge in [0.25, 0.3) is 5.91 Å². The van der Waals surface area contributed by atoms with Gasteiger partial charge in [-0.15, -0.1) is 0 Å². The molecule has 2 heterocycles. The summed E-state index contributed by atoms with van der Waals surface area (Å²) in [7, 11) is -3.39. The molecular weight excluding hydrogens is 450 g/mol. The predicted molar refractivity (Wildman–Crippen MR) is 136 cm³/mol. The molecule has 176 valence electrons. The zero-order valence-electron chi connectivity index (χ0n) is 19.5. The molecule has 0 aliphatic carbocycles. The van der Waals surface area contributed by atoms with Crippen molar-refractivity contribution in [3.05, 3.63) is 71.9 Å². The van der Waals surface area contributed by atoms with Crippen molar-refractivity contribution in [1.82, 2.24) is 14.8 Å². The van der Waals surface area contributed by atoms with E-state index in [4.69, 9.17) is 4.98 Å². The smallest absolute Gasteiger partial charge is 0.256 e. The fourth-order valence-electron chi connectivity index (χ4n) is 3.63. The van der Waals surface area contributed by atoms with Crippen LogP contribution in [0.3, 0.4) is 0 Å². The van der Waals surface area contributed by atoms with E-state index in [1.807, 2.05) is 44.2 Å². The van der Waals surface area contributed by atoms with Gasteiger partial charge in [-0.1, -0.05) is 30.3 Å². The third kappa shape index (κ3) is 4.79. The number of carbonyl (C=O) groups is 1. The van der Waals surface area contributed by atoms with Crippen LogP contribution in [0.1, 0.15) is 42.7 Å². The molecule has 2 aromatic carbocycles. The lowest BCUT2D eigenvalue weighted by atomic mass is 10.1. The third-order valence-electron chi connectivity index (χ3n) is 5.50. The van der Waals surface area contributed by atoms with Crippen molar-refractivity contribution >= 4 is 38.3 Å². The van der Waals surface area contributed by atoms with Crippen LogP contribution in [0.5, 0.6) is 0 Å². The minimum atomic E-state index is -3.39. The van der Waals surface area contributed by atoms with Crippen LogP contribution in [0, 0.1) is 6.92 Å². The first-order valence-electron chi connectivity index (χ1n) is 11.0. The molecule has 4 aromatic rings. The number of amides is 1. The van der Waals surface area contributed by atoms with E-state index < -0.39 is 10.0 Å². The second-order valence-corrected chi connectivity index (χ2v) is 10.3. The van der Waals surface area contributed by atoms with Crippen molar-refractivity contribution in [2.75, 3.05) is 15.8 Å². The van der Waals surface area contributed by atoms with Gasteiger partial charge in [0, 0.05) is 17.3 Å². The SMILES string of the molecule is CCS(=O)(=O)Nc1ccc(NC(=O)c2cc(-c3ccccc3)nc3c2cnn3C(C)C)cc1C. The second-order valence-electron chi connectivity index (χ2n) is 8.33. The number of hydrogen-bond donors (Lipinski definition) is 2. The summed E-state index contributed by atoms with van der Waals surface area (Å²) >= 11 is 0. The van der Waals surface area contributed by atoms with Crippen LogP contribution in [-0.2, 0) is 10.0 Å². The van der Waals surface area contributed by atoms with Crippen LogP contribution < -0.4 is 10.0 Å². The zero-order valence-corrected chi connectivity index (χ0v) is 20.3. The van der Waals surface area contributed by atoms with Crippen LogP contribution >= 0.6 is 0 Å². The molecule has 1 amide bonds. The maximum atomic E-state index is 13.4. The Bertz CT molecular complexity index is 1460. The quantitative estimate of drug-likeness (QED) is 0.390. The van der Waals surface area contributed by atoms with Crippen LogP contribution in [0.4, 0.5) is 11.4 Å². The Balaban J connectivity index is 1.72. The second kappa shape index (κ2) is 9.26. The molecule has 4 rings (SSSR count). The van der Waals surface area contributed by atoms with Crippen LogP contribution in [0.25, 0.3) is 22.3 Å². The van der Waals surface area contributed by atoms with Gasteiger partial charge in [0.05, 0.1) is 34.3 Å². The van der Waals surface area contributed by atoms with Gasteiger partial charge in [0.2, 0.25) is 10.0 Å². The Morgan fingerprint density at radius 2 is 1.82 bits per heavy atom. The Hall–Kier alpha value is -3.72. The van der Waals surface area contributed by atoms with Crippen molar-refractivity contribution in [3.63, 3.8) is 0 Å². The number of nitrogens with one attached hydrogen (secondary N) is 2. The molecule has 0 fully saturated rings. The summed E-state index contributed by atoms with van der Waals surface area (Å²) in [5.74, 6) is -0.314. The average Bonchev–Trinajstić information content (AvgIpc) is 3.25. The van der Waals surface area contributed by atoms with Gasteiger partial charge in [-0.05, 0) is 57.5 Å². The number of hydrogen-bond acceptors (Lipinski definition) is 5. The van der Waals surface area contributed by atoms with Crippen LogP contribution in [-0.4, -0.2) is 34.8 Å². The Morgan fingerprint density at radius 1 is 1.09 bits per heavy atom. The molecule has 0 atom stereocenters. The van der Waals surface area contributed by atoms with Gasteiger partial charge in [-0.2, -0.15) is 5.10 Å². The summed E-state index contributed by atoms with van der Waals surface area (Å²) in [5.41, 5.74) is 4.43. The summed E-state index contributed by atoms with van der Waals surface area (Å²) in [6, 6.07) is 16.6. The Morgan fingerprint density at radius 3 is 2.47 bits per heavy atom. The Labute approximate surface area is 199 Å².